The number of rotatable bonds is 4. The van der Waals surface area contributed by atoms with Crippen molar-refractivity contribution in [1.29, 1.82) is 0 Å². The predicted octanol–water partition coefficient (Wildman–Crippen LogP) is 2.70. The standard InChI is InChI=1S/C19H29N3O2/c1-21(14-15-8-3-4-10-17(15)23)19(24)16-9-7-11-20-18(16)22-12-5-2-6-13-22/h7,9,11,15,17,23H,2-6,8,10,12-14H2,1H3. The second-order valence-electron chi connectivity index (χ2n) is 7.22. The van der Waals surface area contributed by atoms with E-state index >= 15 is 0 Å². The maximum atomic E-state index is 13.0. The molecule has 1 N–H and O–H groups in total. The third kappa shape index (κ3) is 3.89. The van der Waals surface area contributed by atoms with Crippen molar-refractivity contribution in [3.05, 3.63) is 23.9 Å². The Kier molecular flexibility index (Phi) is 5.72. The first-order valence-corrected chi connectivity index (χ1v) is 9.30. The lowest BCUT2D eigenvalue weighted by Crippen LogP contribution is -2.39. The van der Waals surface area contributed by atoms with Gasteiger partial charge in [0.1, 0.15) is 5.82 Å². The van der Waals surface area contributed by atoms with Crippen molar-refractivity contribution >= 4 is 11.7 Å². The molecule has 1 aromatic heterocycles. The summed E-state index contributed by atoms with van der Waals surface area (Å²) in [6, 6.07) is 3.72. The second kappa shape index (κ2) is 7.97. The number of aliphatic hydroxyl groups is 1. The number of nitrogens with zero attached hydrogens (tertiary/aromatic N) is 3. The Balaban J connectivity index is 1.71. The van der Waals surface area contributed by atoms with Gasteiger partial charge in [0.2, 0.25) is 0 Å². The number of hydrogen-bond acceptors (Lipinski definition) is 4. The van der Waals surface area contributed by atoms with Crippen molar-refractivity contribution in [2.45, 2.75) is 51.0 Å². The van der Waals surface area contributed by atoms with Crippen LogP contribution in [0.1, 0.15) is 55.3 Å². The van der Waals surface area contributed by atoms with Crippen molar-refractivity contribution in [2.24, 2.45) is 5.92 Å². The average Bonchev–Trinajstić information content (AvgIpc) is 2.63. The molecule has 0 radical (unpaired) electrons. The summed E-state index contributed by atoms with van der Waals surface area (Å²) in [7, 11) is 1.84. The van der Waals surface area contributed by atoms with Crippen LogP contribution < -0.4 is 4.90 Å². The first-order chi connectivity index (χ1) is 11.7. The van der Waals surface area contributed by atoms with Crippen LogP contribution in [0.4, 0.5) is 5.82 Å². The molecular weight excluding hydrogens is 302 g/mol. The number of piperidine rings is 1. The lowest BCUT2D eigenvalue weighted by atomic mass is 9.86. The van der Waals surface area contributed by atoms with Crippen LogP contribution in [0.2, 0.25) is 0 Å². The summed E-state index contributed by atoms with van der Waals surface area (Å²) < 4.78 is 0. The summed E-state index contributed by atoms with van der Waals surface area (Å²) in [5.41, 5.74) is 0.687. The van der Waals surface area contributed by atoms with Crippen molar-refractivity contribution in [3.8, 4) is 0 Å². The van der Waals surface area contributed by atoms with Gasteiger partial charge in [-0.05, 0) is 44.2 Å². The van der Waals surface area contributed by atoms with Crippen molar-refractivity contribution in [3.63, 3.8) is 0 Å². The molecule has 132 valence electrons. The molecule has 1 aliphatic heterocycles. The van der Waals surface area contributed by atoms with Crippen LogP contribution in [-0.2, 0) is 0 Å². The Labute approximate surface area is 144 Å². The Morgan fingerprint density at radius 3 is 2.75 bits per heavy atom. The molecule has 2 fully saturated rings. The number of carbonyl (C=O) groups is 1. The molecule has 0 spiro atoms. The molecule has 0 aromatic carbocycles. The monoisotopic (exact) mass is 331 g/mol. The van der Waals surface area contributed by atoms with Gasteiger partial charge >= 0.3 is 0 Å². The highest BCUT2D eigenvalue weighted by Crippen LogP contribution is 2.27. The number of carbonyl (C=O) groups excluding carboxylic acids is 1. The molecule has 2 heterocycles. The van der Waals surface area contributed by atoms with E-state index in [1.165, 1.54) is 6.42 Å². The van der Waals surface area contributed by atoms with Gasteiger partial charge in [-0.3, -0.25) is 4.79 Å². The summed E-state index contributed by atoms with van der Waals surface area (Å²) in [5.74, 6) is 1.03. The highest BCUT2D eigenvalue weighted by molar-refractivity contribution is 5.98. The Morgan fingerprint density at radius 2 is 2.00 bits per heavy atom. The normalized spacial score (nSPS) is 24.7. The molecule has 1 aliphatic carbocycles. The molecule has 2 aliphatic rings. The maximum Gasteiger partial charge on any atom is 0.257 e. The van der Waals surface area contributed by atoms with Gasteiger partial charge in [-0.2, -0.15) is 0 Å². The molecule has 5 nitrogen and oxygen atoms in total. The molecule has 24 heavy (non-hydrogen) atoms. The Bertz CT molecular complexity index is 557. The molecule has 0 bridgehead atoms. The van der Waals surface area contributed by atoms with Crippen LogP contribution in [0.25, 0.3) is 0 Å². The van der Waals surface area contributed by atoms with Crippen molar-refractivity contribution in [1.82, 2.24) is 9.88 Å². The van der Waals surface area contributed by atoms with Crippen molar-refractivity contribution < 1.29 is 9.90 Å². The first-order valence-electron chi connectivity index (χ1n) is 9.30. The van der Waals surface area contributed by atoms with E-state index in [1.54, 1.807) is 11.1 Å². The summed E-state index contributed by atoms with van der Waals surface area (Å²) in [6.45, 7) is 2.57. The smallest absolute Gasteiger partial charge is 0.257 e. The minimum Gasteiger partial charge on any atom is -0.393 e. The van der Waals surface area contributed by atoms with Gasteiger partial charge < -0.3 is 14.9 Å². The summed E-state index contributed by atoms with van der Waals surface area (Å²) >= 11 is 0. The fourth-order valence-corrected chi connectivity index (χ4v) is 3.96. The van der Waals surface area contributed by atoms with E-state index in [1.807, 2.05) is 19.2 Å². The number of aromatic nitrogens is 1. The summed E-state index contributed by atoms with van der Waals surface area (Å²) in [5, 5.41) is 10.2. The van der Waals surface area contributed by atoms with Crippen LogP contribution >= 0.6 is 0 Å². The minimum atomic E-state index is -0.274. The number of aliphatic hydroxyl groups excluding tert-OH is 1. The molecule has 1 aromatic rings. The molecule has 2 atom stereocenters. The molecular formula is C19H29N3O2. The number of pyridine rings is 1. The van der Waals surface area contributed by atoms with Crippen LogP contribution in [-0.4, -0.2) is 53.7 Å². The van der Waals surface area contributed by atoms with Crippen LogP contribution in [0.5, 0.6) is 0 Å². The first kappa shape index (κ1) is 17.2. The van der Waals surface area contributed by atoms with E-state index in [0.29, 0.717) is 12.1 Å². The van der Waals surface area contributed by atoms with Gasteiger partial charge in [-0.1, -0.05) is 12.8 Å². The second-order valence-corrected chi connectivity index (χ2v) is 7.22. The lowest BCUT2D eigenvalue weighted by Gasteiger charge is -2.32. The van der Waals surface area contributed by atoms with E-state index in [4.69, 9.17) is 0 Å². The molecule has 1 saturated carbocycles. The quantitative estimate of drug-likeness (QED) is 0.922. The zero-order valence-corrected chi connectivity index (χ0v) is 14.7. The van der Waals surface area contributed by atoms with Crippen LogP contribution in [0.3, 0.4) is 0 Å². The van der Waals surface area contributed by atoms with Gasteiger partial charge in [0, 0.05) is 38.8 Å². The summed E-state index contributed by atoms with van der Waals surface area (Å²) in [4.78, 5) is 21.5. The van der Waals surface area contributed by atoms with Gasteiger partial charge in [0.15, 0.2) is 0 Å². The molecule has 2 unspecified atom stereocenters. The Hall–Kier alpha value is -1.62. The largest absolute Gasteiger partial charge is 0.393 e. The molecule has 1 amide bonds. The topological polar surface area (TPSA) is 56.7 Å². The van der Waals surface area contributed by atoms with Crippen LogP contribution in [0, 0.1) is 5.92 Å². The molecule has 3 rings (SSSR count). The van der Waals surface area contributed by atoms with Gasteiger partial charge in [0.05, 0.1) is 11.7 Å². The number of hydrogen-bond donors (Lipinski definition) is 1. The zero-order chi connectivity index (χ0) is 16.9. The molecule has 5 heteroatoms. The van der Waals surface area contributed by atoms with Gasteiger partial charge in [-0.25, -0.2) is 4.98 Å². The van der Waals surface area contributed by atoms with E-state index in [0.717, 1.165) is 57.4 Å². The fourth-order valence-electron chi connectivity index (χ4n) is 3.96. The zero-order valence-electron chi connectivity index (χ0n) is 14.7. The number of anilines is 1. The lowest BCUT2D eigenvalue weighted by molar-refractivity contribution is 0.0451. The van der Waals surface area contributed by atoms with Gasteiger partial charge in [-0.15, -0.1) is 0 Å². The summed E-state index contributed by atoms with van der Waals surface area (Å²) in [6.07, 6.45) is 9.18. The average molecular weight is 331 g/mol. The maximum absolute atomic E-state index is 13.0. The van der Waals surface area contributed by atoms with E-state index in [-0.39, 0.29) is 17.9 Å². The van der Waals surface area contributed by atoms with Gasteiger partial charge in [0.25, 0.3) is 5.91 Å². The van der Waals surface area contributed by atoms with E-state index in [2.05, 4.69) is 9.88 Å². The third-order valence-electron chi connectivity index (χ3n) is 5.40. The predicted molar refractivity (Wildman–Crippen MR) is 95.2 cm³/mol. The van der Waals surface area contributed by atoms with E-state index < -0.39 is 0 Å². The highest BCUT2D eigenvalue weighted by atomic mass is 16.3. The SMILES string of the molecule is CN(CC1CCCCC1O)C(=O)c1cccnc1N1CCCCC1. The molecule has 1 saturated heterocycles. The minimum absolute atomic E-state index is 0.0152. The van der Waals surface area contributed by atoms with Crippen LogP contribution in [0.15, 0.2) is 18.3 Å². The highest BCUT2D eigenvalue weighted by Gasteiger charge is 2.27. The third-order valence-corrected chi connectivity index (χ3v) is 5.40. The Morgan fingerprint density at radius 1 is 1.25 bits per heavy atom. The van der Waals surface area contributed by atoms with E-state index in [9.17, 15) is 9.90 Å². The van der Waals surface area contributed by atoms with Crippen molar-refractivity contribution in [2.75, 3.05) is 31.6 Å². The number of amides is 1. The fraction of sp³-hybridized carbons (Fsp3) is 0.684.